The molecule has 4 nitrogen and oxygen atoms in total. The first kappa shape index (κ1) is 11.5. The van der Waals surface area contributed by atoms with Crippen molar-refractivity contribution >= 4 is 0 Å². The summed E-state index contributed by atoms with van der Waals surface area (Å²) in [6, 6.07) is 1.92. The zero-order valence-electron chi connectivity index (χ0n) is 10.7. The lowest BCUT2D eigenvalue weighted by atomic mass is 9.86. The Bertz CT molecular complexity index is 302. The highest BCUT2D eigenvalue weighted by atomic mass is 15.5. The van der Waals surface area contributed by atoms with Crippen LogP contribution in [0.15, 0.2) is 11.8 Å². The van der Waals surface area contributed by atoms with Crippen molar-refractivity contribution in [3.05, 3.63) is 11.8 Å². The number of nitrogens with zero attached hydrogens (tertiary/aromatic N) is 1. The van der Waals surface area contributed by atoms with E-state index in [9.17, 15) is 0 Å². The molecule has 3 rings (SSSR count). The molecule has 0 aromatic carbocycles. The minimum Gasteiger partial charge on any atom is -0.383 e. The topological polar surface area (TPSA) is 39.3 Å². The maximum Gasteiger partial charge on any atom is 0.0482 e. The number of fused-ring (bicyclic) bond motifs is 2. The van der Waals surface area contributed by atoms with Gasteiger partial charge in [-0.2, -0.15) is 0 Å². The van der Waals surface area contributed by atoms with E-state index in [-0.39, 0.29) is 0 Å². The molecule has 3 aliphatic rings. The lowest BCUT2D eigenvalue weighted by Crippen LogP contribution is -2.60. The summed E-state index contributed by atoms with van der Waals surface area (Å²) in [5.41, 5.74) is 4.69. The van der Waals surface area contributed by atoms with E-state index >= 15 is 0 Å². The van der Waals surface area contributed by atoms with Crippen LogP contribution in [0.5, 0.6) is 0 Å². The van der Waals surface area contributed by atoms with Crippen molar-refractivity contribution in [2.24, 2.45) is 0 Å². The smallest absolute Gasteiger partial charge is 0.0482 e. The number of nitrogens with one attached hydrogen (secondary N) is 3. The Morgan fingerprint density at radius 2 is 2.06 bits per heavy atom. The highest BCUT2D eigenvalue weighted by molar-refractivity contribution is 5.18. The van der Waals surface area contributed by atoms with Crippen LogP contribution in [0, 0.1) is 0 Å². The van der Waals surface area contributed by atoms with Crippen LogP contribution < -0.4 is 16.1 Å². The normalized spacial score (nSPS) is 38.4. The maximum atomic E-state index is 3.86. The minimum atomic E-state index is 0.549. The molecule has 0 bridgehead atoms. The number of hydrazine groups is 1. The molecule has 2 fully saturated rings. The van der Waals surface area contributed by atoms with Gasteiger partial charge in [0.25, 0.3) is 0 Å². The van der Waals surface area contributed by atoms with E-state index in [2.05, 4.69) is 27.1 Å². The Balaban J connectivity index is 1.71. The van der Waals surface area contributed by atoms with Crippen molar-refractivity contribution in [1.29, 1.82) is 0 Å². The highest BCUT2D eigenvalue weighted by Crippen LogP contribution is 2.26. The highest BCUT2D eigenvalue weighted by Gasteiger charge is 2.34. The van der Waals surface area contributed by atoms with Crippen LogP contribution in [0.1, 0.15) is 32.1 Å². The summed E-state index contributed by atoms with van der Waals surface area (Å²) in [4.78, 5) is 0. The first-order valence-electron chi connectivity index (χ1n) is 7.02. The number of piperazine rings is 1. The molecule has 0 radical (unpaired) electrons. The Hall–Kier alpha value is -0.580. The van der Waals surface area contributed by atoms with Gasteiger partial charge in [0.05, 0.1) is 0 Å². The van der Waals surface area contributed by atoms with Gasteiger partial charge in [0, 0.05) is 36.9 Å². The third kappa shape index (κ3) is 2.34. The Kier molecular flexibility index (Phi) is 3.36. The third-order valence-electron chi connectivity index (χ3n) is 4.44. The van der Waals surface area contributed by atoms with Gasteiger partial charge in [-0.25, -0.2) is 5.01 Å². The Morgan fingerprint density at radius 3 is 2.88 bits per heavy atom. The van der Waals surface area contributed by atoms with Crippen molar-refractivity contribution in [2.75, 3.05) is 20.1 Å². The monoisotopic (exact) mass is 236 g/mol. The van der Waals surface area contributed by atoms with Crippen molar-refractivity contribution < 1.29 is 0 Å². The van der Waals surface area contributed by atoms with Gasteiger partial charge in [-0.1, -0.05) is 12.8 Å². The summed E-state index contributed by atoms with van der Waals surface area (Å²) < 4.78 is 0. The quantitative estimate of drug-likeness (QED) is 0.623. The van der Waals surface area contributed by atoms with Gasteiger partial charge in [-0.15, -0.1) is 0 Å². The van der Waals surface area contributed by atoms with E-state index in [1.165, 1.54) is 37.8 Å². The summed E-state index contributed by atoms with van der Waals surface area (Å²) in [6.45, 7) is 2.13. The van der Waals surface area contributed by atoms with E-state index in [0.717, 1.165) is 13.1 Å². The standard InChI is InChI=1S/C13H24N4/c1-14-17-8-6-12-13(7-9-17)16-11-5-3-2-4-10(11)15-12/h6,10-11,13-16H,2-5,7-9H2,1H3. The van der Waals surface area contributed by atoms with Crippen LogP contribution in [0.2, 0.25) is 0 Å². The van der Waals surface area contributed by atoms with Crippen molar-refractivity contribution in [2.45, 2.75) is 50.2 Å². The molecule has 1 saturated heterocycles. The molecule has 96 valence electrons. The fourth-order valence-corrected chi connectivity index (χ4v) is 3.39. The number of hydrogen-bond acceptors (Lipinski definition) is 4. The lowest BCUT2D eigenvalue weighted by molar-refractivity contribution is 0.208. The first-order chi connectivity index (χ1) is 8.36. The molecular weight excluding hydrogens is 212 g/mol. The van der Waals surface area contributed by atoms with Crippen molar-refractivity contribution in [3.8, 4) is 0 Å². The molecule has 3 atom stereocenters. The van der Waals surface area contributed by atoms with Gasteiger partial charge in [-0.3, -0.25) is 5.43 Å². The SMILES string of the molecule is CNN1CC=C2NC3CCCCC3NC2CC1. The van der Waals surface area contributed by atoms with E-state index in [1.54, 1.807) is 0 Å². The largest absolute Gasteiger partial charge is 0.383 e. The van der Waals surface area contributed by atoms with Gasteiger partial charge in [0.15, 0.2) is 0 Å². The van der Waals surface area contributed by atoms with Crippen LogP contribution in [-0.4, -0.2) is 43.3 Å². The predicted molar refractivity (Wildman–Crippen MR) is 69.4 cm³/mol. The third-order valence-corrected chi connectivity index (χ3v) is 4.44. The predicted octanol–water partition coefficient (Wildman–Crippen LogP) is 0.583. The summed E-state index contributed by atoms with van der Waals surface area (Å²) in [5, 5.41) is 9.92. The lowest BCUT2D eigenvalue weighted by Gasteiger charge is -2.43. The molecule has 0 amide bonds. The molecule has 3 N–H and O–H groups in total. The molecule has 0 aromatic rings. The fourth-order valence-electron chi connectivity index (χ4n) is 3.39. The van der Waals surface area contributed by atoms with Crippen LogP contribution in [-0.2, 0) is 0 Å². The van der Waals surface area contributed by atoms with Crippen molar-refractivity contribution in [3.63, 3.8) is 0 Å². The number of hydrogen-bond donors (Lipinski definition) is 3. The molecule has 2 aliphatic heterocycles. The molecule has 2 heterocycles. The average molecular weight is 236 g/mol. The van der Waals surface area contributed by atoms with Crippen LogP contribution in [0.25, 0.3) is 0 Å². The molecule has 0 aromatic heterocycles. The summed E-state index contributed by atoms with van der Waals surface area (Å²) in [5.74, 6) is 0. The van der Waals surface area contributed by atoms with Gasteiger partial charge >= 0.3 is 0 Å². The zero-order valence-corrected chi connectivity index (χ0v) is 10.7. The minimum absolute atomic E-state index is 0.549. The number of rotatable bonds is 1. The van der Waals surface area contributed by atoms with E-state index in [0.29, 0.717) is 18.1 Å². The fraction of sp³-hybridized carbons (Fsp3) is 0.846. The summed E-state index contributed by atoms with van der Waals surface area (Å²) in [6.07, 6.45) is 9.00. The molecule has 0 spiro atoms. The van der Waals surface area contributed by atoms with E-state index in [1.807, 2.05) is 7.05 Å². The van der Waals surface area contributed by atoms with E-state index < -0.39 is 0 Å². The second kappa shape index (κ2) is 4.96. The molecule has 3 unspecified atom stereocenters. The Labute approximate surface area is 104 Å². The molecule has 4 heteroatoms. The maximum absolute atomic E-state index is 3.86. The second-order valence-electron chi connectivity index (χ2n) is 5.48. The second-order valence-corrected chi connectivity index (χ2v) is 5.48. The van der Waals surface area contributed by atoms with Gasteiger partial charge in [0.1, 0.15) is 0 Å². The van der Waals surface area contributed by atoms with Crippen LogP contribution in [0.4, 0.5) is 0 Å². The van der Waals surface area contributed by atoms with Crippen LogP contribution >= 0.6 is 0 Å². The molecule has 1 aliphatic carbocycles. The van der Waals surface area contributed by atoms with Gasteiger partial charge < -0.3 is 10.6 Å². The van der Waals surface area contributed by atoms with Crippen LogP contribution in [0.3, 0.4) is 0 Å². The van der Waals surface area contributed by atoms with Gasteiger partial charge in [0.2, 0.25) is 0 Å². The van der Waals surface area contributed by atoms with Crippen molar-refractivity contribution in [1.82, 2.24) is 21.1 Å². The zero-order chi connectivity index (χ0) is 11.7. The molecule has 1 saturated carbocycles. The Morgan fingerprint density at radius 1 is 1.24 bits per heavy atom. The molecular formula is C13H24N4. The molecule has 17 heavy (non-hydrogen) atoms. The average Bonchev–Trinajstić information content (AvgIpc) is 2.58. The first-order valence-corrected chi connectivity index (χ1v) is 7.02. The van der Waals surface area contributed by atoms with E-state index in [4.69, 9.17) is 0 Å². The van der Waals surface area contributed by atoms with Gasteiger partial charge in [-0.05, 0) is 32.4 Å². The summed E-state index contributed by atoms with van der Waals surface area (Å²) in [7, 11) is 2.01. The summed E-state index contributed by atoms with van der Waals surface area (Å²) >= 11 is 0.